The summed E-state index contributed by atoms with van der Waals surface area (Å²) in [5, 5.41) is 9.33. The fraction of sp³-hybridized carbons (Fsp3) is 0.263. The summed E-state index contributed by atoms with van der Waals surface area (Å²) in [6.07, 6.45) is 1.73. The minimum absolute atomic E-state index is 0.0991. The van der Waals surface area contributed by atoms with Crippen LogP contribution in [0.5, 0.6) is 0 Å². The van der Waals surface area contributed by atoms with Gasteiger partial charge in [0.05, 0.1) is 5.75 Å². The van der Waals surface area contributed by atoms with Gasteiger partial charge in [-0.15, -0.1) is 10.2 Å². The van der Waals surface area contributed by atoms with Crippen molar-refractivity contribution in [1.29, 1.82) is 0 Å². The van der Waals surface area contributed by atoms with Gasteiger partial charge in [-0.2, -0.15) is 0 Å². The van der Waals surface area contributed by atoms with Crippen LogP contribution in [-0.4, -0.2) is 49.4 Å². The number of amides is 1. The van der Waals surface area contributed by atoms with E-state index in [0.717, 1.165) is 11.4 Å². The highest BCUT2D eigenvalue weighted by Gasteiger charge is 2.19. The average molecular weight is 367 g/mol. The number of pyridine rings is 1. The predicted molar refractivity (Wildman–Crippen MR) is 103 cm³/mol. The van der Waals surface area contributed by atoms with E-state index in [2.05, 4.69) is 15.2 Å². The molecule has 6 nitrogen and oxygen atoms in total. The number of para-hydroxylation sites is 1. The minimum atomic E-state index is 0.0991. The Hall–Kier alpha value is -2.67. The first-order valence-electron chi connectivity index (χ1n) is 8.57. The number of benzene rings is 1. The van der Waals surface area contributed by atoms with Crippen molar-refractivity contribution in [2.75, 3.05) is 18.8 Å². The van der Waals surface area contributed by atoms with Gasteiger partial charge < -0.3 is 4.90 Å². The van der Waals surface area contributed by atoms with Crippen LogP contribution in [0.25, 0.3) is 17.2 Å². The van der Waals surface area contributed by atoms with Crippen molar-refractivity contribution in [3.8, 4) is 17.2 Å². The molecule has 1 amide bonds. The van der Waals surface area contributed by atoms with Gasteiger partial charge in [-0.1, -0.05) is 36.0 Å². The molecule has 0 spiro atoms. The van der Waals surface area contributed by atoms with E-state index in [1.54, 1.807) is 6.20 Å². The molecule has 0 bridgehead atoms. The van der Waals surface area contributed by atoms with Gasteiger partial charge in [-0.05, 0) is 38.1 Å². The molecule has 0 saturated heterocycles. The Kier molecular flexibility index (Phi) is 6.01. The van der Waals surface area contributed by atoms with Crippen LogP contribution in [0, 0.1) is 0 Å². The van der Waals surface area contributed by atoms with E-state index in [9.17, 15) is 4.79 Å². The highest BCUT2D eigenvalue weighted by atomic mass is 32.2. The second-order valence-electron chi connectivity index (χ2n) is 5.55. The Morgan fingerprint density at radius 3 is 2.42 bits per heavy atom. The van der Waals surface area contributed by atoms with E-state index in [1.807, 2.05) is 71.8 Å². The Labute approximate surface area is 157 Å². The van der Waals surface area contributed by atoms with Crippen molar-refractivity contribution in [3.63, 3.8) is 0 Å². The Bertz CT molecular complexity index is 847. The normalized spacial score (nSPS) is 10.7. The third-order valence-corrected chi connectivity index (χ3v) is 4.90. The van der Waals surface area contributed by atoms with Crippen LogP contribution in [-0.2, 0) is 4.79 Å². The lowest BCUT2D eigenvalue weighted by atomic mass is 10.3. The molecule has 7 heteroatoms. The first-order valence-corrected chi connectivity index (χ1v) is 9.56. The highest BCUT2D eigenvalue weighted by Crippen LogP contribution is 2.27. The topological polar surface area (TPSA) is 63.9 Å². The Balaban J connectivity index is 1.93. The van der Waals surface area contributed by atoms with Crippen molar-refractivity contribution in [2.45, 2.75) is 19.0 Å². The van der Waals surface area contributed by atoms with E-state index in [1.165, 1.54) is 11.8 Å². The van der Waals surface area contributed by atoms with E-state index >= 15 is 0 Å². The molecule has 0 aliphatic heterocycles. The zero-order valence-corrected chi connectivity index (χ0v) is 15.7. The molecule has 3 aromatic rings. The predicted octanol–water partition coefficient (Wildman–Crippen LogP) is 3.29. The maximum Gasteiger partial charge on any atom is 0.233 e. The smallest absolute Gasteiger partial charge is 0.233 e. The number of carbonyl (C=O) groups excluding carboxylic acids is 1. The fourth-order valence-electron chi connectivity index (χ4n) is 2.63. The summed E-state index contributed by atoms with van der Waals surface area (Å²) in [6.45, 7) is 5.39. The number of aromatic nitrogens is 4. The van der Waals surface area contributed by atoms with Crippen LogP contribution in [0.15, 0.2) is 59.9 Å². The van der Waals surface area contributed by atoms with Crippen LogP contribution < -0.4 is 0 Å². The SMILES string of the molecule is CCN(CC)C(=O)CSc1nnc(-c2ccccn2)n1-c1ccccc1. The largest absolute Gasteiger partial charge is 0.343 e. The fourth-order valence-corrected chi connectivity index (χ4v) is 3.48. The first-order chi connectivity index (χ1) is 12.7. The average Bonchev–Trinajstić information content (AvgIpc) is 3.12. The third kappa shape index (κ3) is 3.94. The highest BCUT2D eigenvalue weighted by molar-refractivity contribution is 7.99. The molecule has 0 fully saturated rings. The minimum Gasteiger partial charge on any atom is -0.343 e. The molecule has 2 aromatic heterocycles. The van der Waals surface area contributed by atoms with Crippen LogP contribution in [0.3, 0.4) is 0 Å². The van der Waals surface area contributed by atoms with Gasteiger partial charge in [-0.3, -0.25) is 14.3 Å². The van der Waals surface area contributed by atoms with Crippen molar-refractivity contribution in [2.24, 2.45) is 0 Å². The molecule has 2 heterocycles. The number of thioether (sulfide) groups is 1. The van der Waals surface area contributed by atoms with Crippen molar-refractivity contribution < 1.29 is 4.79 Å². The molecule has 0 atom stereocenters. The number of carbonyl (C=O) groups is 1. The molecular weight excluding hydrogens is 346 g/mol. The van der Waals surface area contributed by atoms with Crippen LogP contribution in [0.4, 0.5) is 0 Å². The molecule has 0 N–H and O–H groups in total. The van der Waals surface area contributed by atoms with E-state index in [-0.39, 0.29) is 5.91 Å². The molecule has 3 rings (SSSR count). The van der Waals surface area contributed by atoms with Crippen LogP contribution in [0.1, 0.15) is 13.8 Å². The van der Waals surface area contributed by atoms with Crippen LogP contribution >= 0.6 is 11.8 Å². The molecule has 0 unspecified atom stereocenters. The van der Waals surface area contributed by atoms with E-state index in [4.69, 9.17) is 0 Å². The second kappa shape index (κ2) is 8.62. The number of hydrogen-bond acceptors (Lipinski definition) is 5. The van der Waals surface area contributed by atoms with Gasteiger partial charge in [0.1, 0.15) is 5.69 Å². The summed E-state index contributed by atoms with van der Waals surface area (Å²) < 4.78 is 1.95. The lowest BCUT2D eigenvalue weighted by Crippen LogP contribution is -2.31. The lowest BCUT2D eigenvalue weighted by Gasteiger charge is -2.18. The second-order valence-corrected chi connectivity index (χ2v) is 6.49. The molecule has 26 heavy (non-hydrogen) atoms. The molecule has 0 radical (unpaired) electrons. The zero-order chi connectivity index (χ0) is 18.4. The first kappa shape index (κ1) is 18.1. The summed E-state index contributed by atoms with van der Waals surface area (Å²) in [6, 6.07) is 15.6. The number of nitrogens with zero attached hydrogens (tertiary/aromatic N) is 5. The van der Waals surface area contributed by atoms with E-state index < -0.39 is 0 Å². The molecular formula is C19H21N5OS. The van der Waals surface area contributed by atoms with Crippen molar-refractivity contribution in [1.82, 2.24) is 24.6 Å². The summed E-state index contributed by atoms with van der Waals surface area (Å²) >= 11 is 1.39. The molecule has 1 aromatic carbocycles. The van der Waals surface area contributed by atoms with Crippen molar-refractivity contribution >= 4 is 17.7 Å². The molecule has 134 valence electrons. The summed E-state index contributed by atoms with van der Waals surface area (Å²) in [5.74, 6) is 1.09. The lowest BCUT2D eigenvalue weighted by molar-refractivity contribution is -0.127. The summed E-state index contributed by atoms with van der Waals surface area (Å²) in [5.41, 5.74) is 1.68. The molecule has 0 aliphatic rings. The third-order valence-electron chi connectivity index (χ3n) is 3.98. The Morgan fingerprint density at radius 1 is 1.04 bits per heavy atom. The van der Waals surface area contributed by atoms with Gasteiger partial charge in [-0.25, -0.2) is 0 Å². The number of rotatable bonds is 7. The standard InChI is InChI=1S/C19H21N5OS/c1-3-23(4-2)17(25)14-26-19-22-21-18(16-12-8-9-13-20-16)24(19)15-10-6-5-7-11-15/h5-13H,3-4,14H2,1-2H3. The molecule has 0 saturated carbocycles. The molecule has 0 aliphatic carbocycles. The zero-order valence-electron chi connectivity index (χ0n) is 14.9. The number of hydrogen-bond donors (Lipinski definition) is 0. The van der Waals surface area contributed by atoms with Crippen molar-refractivity contribution in [3.05, 3.63) is 54.7 Å². The monoisotopic (exact) mass is 367 g/mol. The van der Waals surface area contributed by atoms with Gasteiger partial charge in [0.2, 0.25) is 5.91 Å². The van der Waals surface area contributed by atoms with Gasteiger partial charge >= 0.3 is 0 Å². The summed E-state index contributed by atoms with van der Waals surface area (Å²) in [4.78, 5) is 18.5. The van der Waals surface area contributed by atoms with Crippen LogP contribution in [0.2, 0.25) is 0 Å². The Morgan fingerprint density at radius 2 is 1.77 bits per heavy atom. The van der Waals surface area contributed by atoms with Gasteiger partial charge in [0.25, 0.3) is 0 Å². The maximum atomic E-state index is 12.3. The van der Waals surface area contributed by atoms with Gasteiger partial charge in [0.15, 0.2) is 11.0 Å². The van der Waals surface area contributed by atoms with E-state index in [0.29, 0.717) is 29.8 Å². The quantitative estimate of drug-likeness (QED) is 0.600. The maximum absolute atomic E-state index is 12.3. The summed E-state index contributed by atoms with van der Waals surface area (Å²) in [7, 11) is 0. The van der Waals surface area contributed by atoms with Gasteiger partial charge in [0, 0.05) is 25.0 Å².